The van der Waals surface area contributed by atoms with Gasteiger partial charge < -0.3 is 5.73 Å². The molecular weight excluding hydrogens is 341 g/mol. The number of hydrogen-bond donors (Lipinski definition) is 1. The van der Waals surface area contributed by atoms with Crippen LogP contribution < -0.4 is 5.73 Å². The second kappa shape index (κ2) is 6.14. The summed E-state index contributed by atoms with van der Waals surface area (Å²) in [6, 6.07) is 12.6. The van der Waals surface area contributed by atoms with Gasteiger partial charge in [-0.25, -0.2) is 19.3 Å². The Morgan fingerprint density at radius 2 is 1.92 bits per heavy atom. The van der Waals surface area contributed by atoms with Crippen molar-refractivity contribution >= 4 is 28.6 Å². The second-order valence-corrected chi connectivity index (χ2v) is 5.77. The van der Waals surface area contributed by atoms with Crippen molar-refractivity contribution in [1.82, 2.24) is 19.5 Å². The zero-order valence-corrected chi connectivity index (χ0v) is 13.8. The van der Waals surface area contributed by atoms with Crippen LogP contribution in [0.4, 0.5) is 10.2 Å². The van der Waals surface area contributed by atoms with Crippen molar-refractivity contribution in [2.24, 2.45) is 0 Å². The van der Waals surface area contributed by atoms with Crippen LogP contribution in [0.5, 0.6) is 0 Å². The van der Waals surface area contributed by atoms with E-state index in [0.29, 0.717) is 34.2 Å². The lowest BCUT2D eigenvalue weighted by Crippen LogP contribution is -2.02. The van der Waals surface area contributed by atoms with Gasteiger partial charge in [-0.1, -0.05) is 12.1 Å². The molecule has 3 heterocycles. The zero-order valence-electron chi connectivity index (χ0n) is 13.0. The molecule has 0 unspecified atom stereocenters. The van der Waals surface area contributed by atoms with Gasteiger partial charge in [0.25, 0.3) is 0 Å². The number of fused-ring (bicyclic) bond motifs is 1. The predicted octanol–water partition coefficient (Wildman–Crippen LogP) is 3.94. The Labute approximate surface area is 147 Å². The molecule has 0 aliphatic heterocycles. The molecule has 7 heteroatoms. The summed E-state index contributed by atoms with van der Waals surface area (Å²) in [6.07, 6.45) is 2.78. The number of hydrogen-bond acceptors (Lipinski definition) is 4. The van der Waals surface area contributed by atoms with Gasteiger partial charge in [-0.3, -0.25) is 4.57 Å². The molecule has 0 radical (unpaired) electrons. The summed E-state index contributed by atoms with van der Waals surface area (Å²) in [5.74, 6) is 0.881. The molecule has 0 spiro atoms. The van der Waals surface area contributed by atoms with Gasteiger partial charge in [-0.15, -0.1) is 11.6 Å². The van der Waals surface area contributed by atoms with E-state index in [1.165, 1.54) is 12.3 Å². The summed E-state index contributed by atoms with van der Waals surface area (Å²) in [4.78, 5) is 12.9. The maximum atomic E-state index is 13.6. The Balaban J connectivity index is 2.03. The van der Waals surface area contributed by atoms with Crippen LogP contribution in [0.2, 0.25) is 0 Å². The lowest BCUT2D eigenvalue weighted by atomic mass is 10.2. The van der Waals surface area contributed by atoms with Gasteiger partial charge in [0.1, 0.15) is 17.2 Å². The van der Waals surface area contributed by atoms with E-state index in [2.05, 4.69) is 15.0 Å². The number of benzene rings is 1. The highest BCUT2D eigenvalue weighted by atomic mass is 35.5. The van der Waals surface area contributed by atoms with Crippen LogP contribution in [0.1, 0.15) is 5.56 Å². The summed E-state index contributed by atoms with van der Waals surface area (Å²) in [7, 11) is 0. The molecule has 1 aromatic carbocycles. The summed E-state index contributed by atoms with van der Waals surface area (Å²) in [5.41, 5.74) is 9.48. The zero-order chi connectivity index (χ0) is 17.4. The molecule has 5 nitrogen and oxygen atoms in total. The van der Waals surface area contributed by atoms with Crippen molar-refractivity contribution in [3.8, 4) is 17.1 Å². The Hall–Kier alpha value is -2.99. The van der Waals surface area contributed by atoms with Crippen LogP contribution in [-0.4, -0.2) is 19.5 Å². The molecule has 124 valence electrons. The molecule has 4 rings (SSSR count). The molecule has 0 fully saturated rings. The van der Waals surface area contributed by atoms with Gasteiger partial charge in [0, 0.05) is 23.8 Å². The van der Waals surface area contributed by atoms with Crippen LogP contribution in [0.3, 0.4) is 0 Å². The molecular formula is C18H13ClFN5. The first-order chi connectivity index (χ1) is 12.2. The average molecular weight is 354 g/mol. The number of anilines is 1. The van der Waals surface area contributed by atoms with E-state index in [0.717, 1.165) is 11.3 Å². The van der Waals surface area contributed by atoms with Gasteiger partial charge >= 0.3 is 0 Å². The van der Waals surface area contributed by atoms with E-state index in [4.69, 9.17) is 17.3 Å². The summed E-state index contributed by atoms with van der Waals surface area (Å²) in [6.45, 7) is 0. The first-order valence-corrected chi connectivity index (χ1v) is 8.11. The topological polar surface area (TPSA) is 69.6 Å². The Morgan fingerprint density at radius 3 is 2.64 bits per heavy atom. The van der Waals surface area contributed by atoms with Crippen LogP contribution in [0.25, 0.3) is 28.2 Å². The van der Waals surface area contributed by atoms with Crippen LogP contribution >= 0.6 is 11.6 Å². The highest BCUT2D eigenvalue weighted by Gasteiger charge is 2.18. The average Bonchev–Trinajstić information content (AvgIpc) is 3.00. The van der Waals surface area contributed by atoms with Gasteiger partial charge in [0.15, 0.2) is 11.5 Å². The van der Waals surface area contributed by atoms with E-state index in [1.54, 1.807) is 12.3 Å². The molecule has 0 atom stereocenters. The standard InChI is InChI=1S/C18H13ClFN5/c19-9-11-3-5-13(6-4-11)25-17(14-2-1-7-22-16(14)21)24-15-8-12(20)10-23-18(15)25/h1-8,10H,9H2,(H2,21,22). The molecule has 25 heavy (non-hydrogen) atoms. The third kappa shape index (κ3) is 2.70. The minimum atomic E-state index is -0.444. The molecule has 4 aromatic rings. The molecule has 3 aromatic heterocycles. The third-order valence-electron chi connectivity index (χ3n) is 3.89. The fraction of sp³-hybridized carbons (Fsp3) is 0.0556. The van der Waals surface area contributed by atoms with Crippen LogP contribution in [0.15, 0.2) is 54.9 Å². The van der Waals surface area contributed by atoms with E-state index < -0.39 is 5.82 Å². The number of nitrogens with two attached hydrogens (primary N) is 1. The fourth-order valence-corrected chi connectivity index (χ4v) is 2.88. The van der Waals surface area contributed by atoms with E-state index >= 15 is 0 Å². The summed E-state index contributed by atoms with van der Waals surface area (Å²) in [5, 5.41) is 0. The smallest absolute Gasteiger partial charge is 0.165 e. The van der Waals surface area contributed by atoms with Crippen molar-refractivity contribution in [2.75, 3.05) is 5.73 Å². The number of pyridine rings is 2. The van der Waals surface area contributed by atoms with Crippen molar-refractivity contribution in [2.45, 2.75) is 5.88 Å². The van der Waals surface area contributed by atoms with Crippen molar-refractivity contribution in [3.63, 3.8) is 0 Å². The maximum Gasteiger partial charge on any atom is 0.165 e. The lowest BCUT2D eigenvalue weighted by Gasteiger charge is -2.10. The first-order valence-electron chi connectivity index (χ1n) is 7.57. The Kier molecular flexibility index (Phi) is 3.82. The molecule has 0 bridgehead atoms. The van der Waals surface area contributed by atoms with Crippen molar-refractivity contribution < 1.29 is 4.39 Å². The molecule has 0 aliphatic rings. The molecule has 0 saturated carbocycles. The number of aromatic nitrogens is 4. The normalized spacial score (nSPS) is 11.1. The van der Waals surface area contributed by atoms with E-state index in [9.17, 15) is 4.39 Å². The third-order valence-corrected chi connectivity index (χ3v) is 4.20. The number of halogens is 2. The first kappa shape index (κ1) is 15.5. The number of alkyl halides is 1. The lowest BCUT2D eigenvalue weighted by molar-refractivity contribution is 0.623. The quantitative estimate of drug-likeness (QED) is 0.566. The van der Waals surface area contributed by atoms with Crippen LogP contribution in [0, 0.1) is 5.82 Å². The largest absolute Gasteiger partial charge is 0.383 e. The Bertz CT molecular complexity index is 1060. The van der Waals surface area contributed by atoms with E-state index in [-0.39, 0.29) is 0 Å². The van der Waals surface area contributed by atoms with Gasteiger partial charge in [-0.05, 0) is 29.8 Å². The van der Waals surface area contributed by atoms with Gasteiger partial charge in [0.05, 0.1) is 11.8 Å². The second-order valence-electron chi connectivity index (χ2n) is 5.50. The maximum absolute atomic E-state index is 13.6. The van der Waals surface area contributed by atoms with Crippen molar-refractivity contribution in [1.29, 1.82) is 0 Å². The highest BCUT2D eigenvalue weighted by molar-refractivity contribution is 6.17. The summed E-state index contributed by atoms with van der Waals surface area (Å²) >= 11 is 5.87. The van der Waals surface area contributed by atoms with Crippen LogP contribution in [-0.2, 0) is 5.88 Å². The number of nitrogen functional groups attached to an aromatic ring is 1. The Morgan fingerprint density at radius 1 is 1.12 bits per heavy atom. The SMILES string of the molecule is Nc1ncccc1-c1nc2cc(F)cnc2n1-c1ccc(CCl)cc1. The highest BCUT2D eigenvalue weighted by Crippen LogP contribution is 2.30. The minimum absolute atomic E-state index is 0.344. The number of imidazole rings is 1. The number of rotatable bonds is 3. The van der Waals surface area contributed by atoms with Gasteiger partial charge in [0.2, 0.25) is 0 Å². The van der Waals surface area contributed by atoms with Crippen molar-refractivity contribution in [3.05, 3.63) is 66.2 Å². The number of nitrogens with zero attached hydrogens (tertiary/aromatic N) is 4. The monoisotopic (exact) mass is 353 g/mol. The minimum Gasteiger partial charge on any atom is -0.383 e. The molecule has 0 saturated heterocycles. The summed E-state index contributed by atoms with van der Waals surface area (Å²) < 4.78 is 15.4. The van der Waals surface area contributed by atoms with E-state index in [1.807, 2.05) is 34.9 Å². The molecule has 2 N–H and O–H groups in total. The fourth-order valence-electron chi connectivity index (χ4n) is 2.71. The molecule has 0 amide bonds. The predicted molar refractivity (Wildman–Crippen MR) is 96.0 cm³/mol. The van der Waals surface area contributed by atoms with Gasteiger partial charge in [-0.2, -0.15) is 0 Å². The molecule has 0 aliphatic carbocycles.